The molecule has 8 heteroatoms. The van der Waals surface area contributed by atoms with Crippen molar-refractivity contribution in [1.82, 2.24) is 9.88 Å². The monoisotopic (exact) mass is 427 g/mol. The van der Waals surface area contributed by atoms with E-state index in [4.69, 9.17) is 16.3 Å². The Morgan fingerprint density at radius 2 is 1.80 bits per heavy atom. The molecule has 1 N–H and O–H groups in total. The summed E-state index contributed by atoms with van der Waals surface area (Å²) in [5.74, 6) is -1.83. The van der Waals surface area contributed by atoms with E-state index in [1.165, 1.54) is 9.80 Å². The highest BCUT2D eigenvalue weighted by Crippen LogP contribution is 2.38. The van der Waals surface area contributed by atoms with Crippen molar-refractivity contribution in [1.29, 1.82) is 0 Å². The van der Waals surface area contributed by atoms with E-state index in [-0.39, 0.29) is 5.57 Å². The van der Waals surface area contributed by atoms with Gasteiger partial charge in [-0.1, -0.05) is 29.5 Å². The number of nitrogens with one attached hydrogen (secondary N) is 1. The molecular weight excluding hydrogens is 406 g/mol. The summed E-state index contributed by atoms with van der Waals surface area (Å²) < 4.78 is 5.39. The van der Waals surface area contributed by atoms with Crippen molar-refractivity contribution in [2.75, 3.05) is 39.4 Å². The molecule has 1 aromatic heterocycles. The van der Waals surface area contributed by atoms with Crippen LogP contribution in [0.1, 0.15) is 17.2 Å². The number of hydrogen-bond acceptors (Lipinski definition) is 5. The van der Waals surface area contributed by atoms with Crippen molar-refractivity contribution < 1.29 is 24.3 Å². The first-order valence-electron chi connectivity index (χ1n) is 9.90. The molecule has 1 atom stereocenters. The minimum absolute atomic E-state index is 0.0227. The van der Waals surface area contributed by atoms with Gasteiger partial charge in [0.05, 0.1) is 32.3 Å². The number of carbonyl (C=O) groups is 2. The first-order chi connectivity index (χ1) is 14.6. The lowest BCUT2D eigenvalue weighted by molar-refractivity contribution is -0.907. The maximum atomic E-state index is 13.2. The third kappa shape index (κ3) is 4.09. The maximum Gasteiger partial charge on any atom is 0.295 e. The quantitative estimate of drug-likeness (QED) is 0.408. The van der Waals surface area contributed by atoms with Crippen molar-refractivity contribution in [3.8, 4) is 0 Å². The summed E-state index contributed by atoms with van der Waals surface area (Å²) in [6, 6.07) is 9.08. The number of Topliss-reactive ketones (excluding diaryl/α,β-unsaturated/α-hetero) is 1. The summed E-state index contributed by atoms with van der Waals surface area (Å²) in [5, 5.41) is 13.7. The van der Waals surface area contributed by atoms with Crippen LogP contribution in [0, 0.1) is 0 Å². The molecule has 1 aromatic carbocycles. The second kappa shape index (κ2) is 8.95. The molecular formula is C22H22ClN3O4. The standard InChI is InChI=1S/C22H22ClN3O4/c23-17-3-1-16(2-4-17)20(27)18-19(15-5-7-24-8-6-15)26(22(29)21(18)28)10-9-25-11-13-30-14-12-25/h1-8,19,27H,9-14H2/b20-18+. The summed E-state index contributed by atoms with van der Waals surface area (Å²) in [5.41, 5.74) is 0.999. The molecule has 0 radical (unpaired) electrons. The average Bonchev–Trinajstić information content (AvgIpc) is 3.04. The van der Waals surface area contributed by atoms with E-state index in [1.54, 1.807) is 48.8 Å². The zero-order valence-electron chi connectivity index (χ0n) is 16.3. The zero-order valence-corrected chi connectivity index (χ0v) is 17.1. The highest BCUT2D eigenvalue weighted by atomic mass is 35.5. The smallest absolute Gasteiger partial charge is 0.295 e. The molecule has 3 heterocycles. The Bertz CT molecular complexity index is 956. The fourth-order valence-corrected chi connectivity index (χ4v) is 4.06. The van der Waals surface area contributed by atoms with Crippen LogP contribution in [0.15, 0.2) is 54.4 Å². The van der Waals surface area contributed by atoms with E-state index in [0.717, 1.165) is 13.1 Å². The Morgan fingerprint density at radius 3 is 2.47 bits per heavy atom. The van der Waals surface area contributed by atoms with Gasteiger partial charge in [0.2, 0.25) is 5.78 Å². The second-order valence-corrected chi connectivity index (χ2v) is 7.81. The maximum absolute atomic E-state index is 13.2. The molecule has 7 nitrogen and oxygen atoms in total. The number of amides is 1. The minimum Gasteiger partial charge on any atom is -0.872 e. The molecule has 2 aromatic rings. The number of hydrogen-bond donors (Lipinski definition) is 1. The van der Waals surface area contributed by atoms with Gasteiger partial charge in [-0.15, -0.1) is 0 Å². The van der Waals surface area contributed by atoms with Crippen LogP contribution in [0.3, 0.4) is 0 Å². The van der Waals surface area contributed by atoms with Gasteiger partial charge in [0.15, 0.2) is 0 Å². The van der Waals surface area contributed by atoms with Crippen LogP contribution in [0.4, 0.5) is 0 Å². The third-order valence-corrected chi connectivity index (χ3v) is 5.82. The Balaban J connectivity index is 1.71. The molecule has 30 heavy (non-hydrogen) atoms. The Morgan fingerprint density at radius 1 is 1.13 bits per heavy atom. The van der Waals surface area contributed by atoms with Gasteiger partial charge in [0, 0.05) is 23.0 Å². The minimum atomic E-state index is -0.742. The third-order valence-electron chi connectivity index (χ3n) is 5.56. The van der Waals surface area contributed by atoms with Gasteiger partial charge in [-0.25, -0.2) is 0 Å². The Labute approximate surface area is 179 Å². The fourth-order valence-electron chi connectivity index (χ4n) is 3.94. The van der Waals surface area contributed by atoms with Crippen LogP contribution in [-0.2, 0) is 14.3 Å². The summed E-state index contributed by atoms with van der Waals surface area (Å²) in [6.07, 6.45) is 3.19. The van der Waals surface area contributed by atoms with Crippen molar-refractivity contribution in [2.24, 2.45) is 0 Å². The number of benzene rings is 1. The number of pyridine rings is 1. The predicted octanol–water partition coefficient (Wildman–Crippen LogP) is -0.126. The van der Waals surface area contributed by atoms with Crippen LogP contribution < -0.4 is 10.0 Å². The zero-order chi connectivity index (χ0) is 21.1. The van der Waals surface area contributed by atoms with Gasteiger partial charge < -0.3 is 19.6 Å². The molecule has 1 unspecified atom stereocenters. The lowest BCUT2D eigenvalue weighted by atomic mass is 9.96. The van der Waals surface area contributed by atoms with Gasteiger partial charge in [-0.3, -0.25) is 14.6 Å². The lowest BCUT2D eigenvalue weighted by Crippen LogP contribution is -3.14. The highest BCUT2D eigenvalue weighted by Gasteiger charge is 2.44. The van der Waals surface area contributed by atoms with Gasteiger partial charge in [0.1, 0.15) is 13.1 Å². The van der Waals surface area contributed by atoms with Crippen molar-refractivity contribution in [3.05, 3.63) is 70.5 Å². The molecule has 0 aliphatic carbocycles. The molecule has 2 saturated heterocycles. The molecule has 2 aliphatic rings. The number of halogens is 1. The van der Waals surface area contributed by atoms with Crippen LogP contribution in [0.2, 0.25) is 5.02 Å². The summed E-state index contributed by atoms with van der Waals surface area (Å²) in [4.78, 5) is 32.7. The van der Waals surface area contributed by atoms with E-state index in [2.05, 4.69) is 4.98 Å². The number of quaternary nitrogens is 1. The number of nitrogens with zero attached hydrogens (tertiary/aromatic N) is 2. The number of ketones is 1. The van der Waals surface area contributed by atoms with Crippen molar-refractivity contribution in [2.45, 2.75) is 6.04 Å². The molecule has 2 fully saturated rings. The first-order valence-corrected chi connectivity index (χ1v) is 10.3. The van der Waals surface area contributed by atoms with Crippen LogP contribution in [0.5, 0.6) is 0 Å². The number of rotatable bonds is 5. The fraction of sp³-hybridized carbons (Fsp3) is 0.318. The normalized spacial score (nSPS) is 21.9. The molecule has 4 rings (SSSR count). The van der Waals surface area contributed by atoms with E-state index < -0.39 is 23.5 Å². The molecule has 156 valence electrons. The molecule has 0 spiro atoms. The topological polar surface area (TPSA) is 87.0 Å². The number of aromatic nitrogens is 1. The largest absolute Gasteiger partial charge is 0.872 e. The van der Waals surface area contributed by atoms with Crippen molar-refractivity contribution in [3.63, 3.8) is 0 Å². The molecule has 0 bridgehead atoms. The van der Waals surface area contributed by atoms with E-state index in [0.29, 0.717) is 42.5 Å². The number of likely N-dealkylation sites (tertiary alicyclic amines) is 1. The van der Waals surface area contributed by atoms with Gasteiger partial charge >= 0.3 is 0 Å². The summed E-state index contributed by atoms with van der Waals surface area (Å²) in [6.45, 7) is 4.15. The summed E-state index contributed by atoms with van der Waals surface area (Å²) >= 11 is 5.93. The Kier molecular flexibility index (Phi) is 6.13. The molecule has 1 amide bonds. The average molecular weight is 428 g/mol. The van der Waals surface area contributed by atoms with Crippen LogP contribution >= 0.6 is 11.6 Å². The number of carbonyl (C=O) groups excluding carboxylic acids is 2. The second-order valence-electron chi connectivity index (χ2n) is 7.37. The van der Waals surface area contributed by atoms with Crippen LogP contribution in [-0.4, -0.2) is 61.0 Å². The molecule has 0 saturated carbocycles. The van der Waals surface area contributed by atoms with E-state index in [9.17, 15) is 14.7 Å². The van der Waals surface area contributed by atoms with Crippen LogP contribution in [0.25, 0.3) is 5.76 Å². The van der Waals surface area contributed by atoms with Gasteiger partial charge in [0.25, 0.3) is 5.91 Å². The van der Waals surface area contributed by atoms with Gasteiger partial charge in [-0.05, 0) is 35.4 Å². The number of morpholine rings is 1. The first kappa shape index (κ1) is 20.5. The Hall–Kier alpha value is -2.74. The number of ether oxygens (including phenoxy) is 1. The SMILES string of the molecule is O=C1C(=O)N(CC[NH+]2CCOCC2)C(c2ccncc2)/C1=C(\[O-])c1ccc(Cl)cc1. The predicted molar refractivity (Wildman–Crippen MR) is 108 cm³/mol. The van der Waals surface area contributed by atoms with Gasteiger partial charge in [-0.2, -0.15) is 0 Å². The molecule has 2 aliphatic heterocycles. The van der Waals surface area contributed by atoms with E-state index >= 15 is 0 Å². The highest BCUT2D eigenvalue weighted by molar-refractivity contribution is 6.46. The van der Waals surface area contributed by atoms with Crippen molar-refractivity contribution >= 4 is 29.1 Å². The van der Waals surface area contributed by atoms with E-state index in [1.807, 2.05) is 0 Å². The lowest BCUT2D eigenvalue weighted by Gasteiger charge is -2.30. The summed E-state index contributed by atoms with van der Waals surface area (Å²) in [7, 11) is 0.